The van der Waals surface area contributed by atoms with Gasteiger partial charge in [0.05, 0.1) is 6.04 Å². The summed E-state index contributed by atoms with van der Waals surface area (Å²) in [4.78, 5) is 5.12. The Kier molecular flexibility index (Phi) is 2.81. The van der Waals surface area contributed by atoms with Crippen molar-refractivity contribution in [2.24, 2.45) is 16.3 Å². The predicted molar refractivity (Wildman–Crippen MR) is 69.0 cm³/mol. The van der Waals surface area contributed by atoms with E-state index in [-0.39, 0.29) is 0 Å². The molecule has 0 aromatic heterocycles. The monoisotopic (exact) mass is 219 g/mol. The second-order valence-electron chi connectivity index (χ2n) is 6.55. The molecule has 1 aliphatic heterocycles. The third-order valence-corrected chi connectivity index (χ3v) is 5.26. The third-order valence-electron chi connectivity index (χ3n) is 5.26. The van der Waals surface area contributed by atoms with Crippen molar-refractivity contribution >= 4 is 5.71 Å². The van der Waals surface area contributed by atoms with Gasteiger partial charge in [-0.3, -0.25) is 4.99 Å². The molecule has 1 heterocycles. The number of nitrogens with zero attached hydrogens (tertiary/aromatic N) is 1. The van der Waals surface area contributed by atoms with E-state index in [1.54, 1.807) is 5.71 Å². The van der Waals surface area contributed by atoms with E-state index in [1.165, 1.54) is 64.2 Å². The summed E-state index contributed by atoms with van der Waals surface area (Å²) in [5.74, 6) is 0.871. The smallest absolute Gasteiger partial charge is 0.0556 e. The molecule has 2 fully saturated rings. The molecule has 90 valence electrons. The standard InChI is InChI=1S/C15H25N/c1-15-10-6-5-9-14(15)16-13(11-15)12-7-3-2-4-8-12/h12,14H,2-11H2,1H3/t14-,15-/m0/s1. The minimum atomic E-state index is 0.561. The van der Waals surface area contributed by atoms with E-state index in [0.29, 0.717) is 11.5 Å². The molecule has 0 saturated heterocycles. The minimum absolute atomic E-state index is 0.561. The van der Waals surface area contributed by atoms with Gasteiger partial charge in [-0.25, -0.2) is 0 Å². The third kappa shape index (κ3) is 1.83. The summed E-state index contributed by atoms with van der Waals surface area (Å²) in [6.45, 7) is 2.50. The summed E-state index contributed by atoms with van der Waals surface area (Å²) in [6.07, 6.45) is 14.2. The Balaban J connectivity index is 1.73. The first-order chi connectivity index (χ1) is 7.78. The lowest BCUT2D eigenvalue weighted by Crippen LogP contribution is -2.31. The summed E-state index contributed by atoms with van der Waals surface area (Å²) in [6, 6.07) is 0.693. The van der Waals surface area contributed by atoms with Crippen molar-refractivity contribution in [3.63, 3.8) is 0 Å². The molecule has 0 unspecified atom stereocenters. The Hall–Kier alpha value is -0.330. The summed E-state index contributed by atoms with van der Waals surface area (Å²) in [7, 11) is 0. The fourth-order valence-electron chi connectivity index (χ4n) is 4.15. The van der Waals surface area contributed by atoms with E-state index in [2.05, 4.69) is 6.92 Å². The second-order valence-corrected chi connectivity index (χ2v) is 6.55. The molecule has 0 N–H and O–H groups in total. The summed E-state index contributed by atoms with van der Waals surface area (Å²) in [5.41, 5.74) is 2.18. The summed E-state index contributed by atoms with van der Waals surface area (Å²) in [5, 5.41) is 0. The van der Waals surface area contributed by atoms with Crippen LogP contribution in [0.5, 0.6) is 0 Å². The van der Waals surface area contributed by atoms with Crippen LogP contribution in [0.1, 0.15) is 71.1 Å². The molecule has 1 nitrogen and oxygen atoms in total. The largest absolute Gasteiger partial charge is 0.290 e. The van der Waals surface area contributed by atoms with E-state index in [0.717, 1.165) is 5.92 Å². The highest BCUT2D eigenvalue weighted by atomic mass is 14.9. The Morgan fingerprint density at radius 1 is 1.00 bits per heavy atom. The first-order valence-corrected chi connectivity index (χ1v) is 7.34. The fourth-order valence-corrected chi connectivity index (χ4v) is 4.15. The molecule has 2 atom stereocenters. The molecule has 0 aromatic carbocycles. The second kappa shape index (κ2) is 4.16. The highest BCUT2D eigenvalue weighted by Gasteiger charge is 2.43. The van der Waals surface area contributed by atoms with Crippen molar-refractivity contribution in [2.45, 2.75) is 77.2 Å². The molecular weight excluding hydrogens is 194 g/mol. The lowest BCUT2D eigenvalue weighted by atomic mass is 9.70. The van der Waals surface area contributed by atoms with Crippen LogP contribution in [0.4, 0.5) is 0 Å². The molecule has 3 aliphatic rings. The zero-order valence-electron chi connectivity index (χ0n) is 10.7. The maximum Gasteiger partial charge on any atom is 0.0556 e. The van der Waals surface area contributed by atoms with Crippen LogP contribution in [0, 0.1) is 11.3 Å². The Morgan fingerprint density at radius 2 is 1.75 bits per heavy atom. The molecule has 0 aromatic rings. The predicted octanol–water partition coefficient (Wildman–Crippen LogP) is 4.36. The molecule has 3 rings (SSSR count). The van der Waals surface area contributed by atoms with E-state index >= 15 is 0 Å². The van der Waals surface area contributed by atoms with Gasteiger partial charge in [0.1, 0.15) is 0 Å². The topological polar surface area (TPSA) is 12.4 Å². The Morgan fingerprint density at radius 3 is 2.50 bits per heavy atom. The van der Waals surface area contributed by atoms with Gasteiger partial charge in [-0.05, 0) is 43.4 Å². The van der Waals surface area contributed by atoms with Crippen LogP contribution in [0.15, 0.2) is 4.99 Å². The van der Waals surface area contributed by atoms with Crippen LogP contribution in [-0.4, -0.2) is 11.8 Å². The van der Waals surface area contributed by atoms with Crippen molar-refractivity contribution in [2.75, 3.05) is 0 Å². The lowest BCUT2D eigenvalue weighted by molar-refractivity contribution is 0.204. The lowest BCUT2D eigenvalue weighted by Gasteiger charge is -2.34. The highest BCUT2D eigenvalue weighted by molar-refractivity contribution is 5.89. The Bertz CT molecular complexity index is 288. The maximum absolute atomic E-state index is 5.12. The summed E-state index contributed by atoms with van der Waals surface area (Å²) >= 11 is 0. The number of aliphatic imine (C=N–C) groups is 1. The zero-order chi connectivity index (χ0) is 11.0. The average molecular weight is 219 g/mol. The van der Waals surface area contributed by atoms with Crippen LogP contribution in [0.3, 0.4) is 0 Å². The molecule has 0 spiro atoms. The quantitative estimate of drug-likeness (QED) is 0.621. The first kappa shape index (κ1) is 10.8. The number of hydrogen-bond donors (Lipinski definition) is 0. The number of rotatable bonds is 1. The van der Waals surface area contributed by atoms with E-state index in [1.807, 2.05) is 0 Å². The van der Waals surface area contributed by atoms with Crippen LogP contribution in [0.25, 0.3) is 0 Å². The number of hydrogen-bond acceptors (Lipinski definition) is 1. The van der Waals surface area contributed by atoms with Gasteiger partial charge >= 0.3 is 0 Å². The van der Waals surface area contributed by atoms with Crippen LogP contribution in [0.2, 0.25) is 0 Å². The highest BCUT2D eigenvalue weighted by Crippen LogP contribution is 2.47. The van der Waals surface area contributed by atoms with Gasteiger partial charge in [0.15, 0.2) is 0 Å². The van der Waals surface area contributed by atoms with Gasteiger partial charge in [0.25, 0.3) is 0 Å². The molecule has 16 heavy (non-hydrogen) atoms. The van der Waals surface area contributed by atoms with E-state index in [9.17, 15) is 0 Å². The van der Waals surface area contributed by atoms with Gasteiger partial charge in [-0.15, -0.1) is 0 Å². The van der Waals surface area contributed by atoms with Gasteiger partial charge in [0.2, 0.25) is 0 Å². The maximum atomic E-state index is 5.12. The van der Waals surface area contributed by atoms with Gasteiger partial charge < -0.3 is 0 Å². The van der Waals surface area contributed by atoms with Crippen LogP contribution < -0.4 is 0 Å². The average Bonchev–Trinajstić information content (AvgIpc) is 2.67. The normalized spacial score (nSPS) is 40.6. The van der Waals surface area contributed by atoms with Crippen molar-refractivity contribution in [1.29, 1.82) is 0 Å². The van der Waals surface area contributed by atoms with Gasteiger partial charge in [-0.2, -0.15) is 0 Å². The van der Waals surface area contributed by atoms with Crippen LogP contribution in [-0.2, 0) is 0 Å². The molecule has 2 saturated carbocycles. The van der Waals surface area contributed by atoms with E-state index < -0.39 is 0 Å². The Labute approximate surface area is 99.7 Å². The van der Waals surface area contributed by atoms with Crippen molar-refractivity contribution in [3.05, 3.63) is 0 Å². The molecule has 0 radical (unpaired) electrons. The summed E-state index contributed by atoms with van der Waals surface area (Å²) < 4.78 is 0. The van der Waals surface area contributed by atoms with Crippen molar-refractivity contribution in [3.8, 4) is 0 Å². The minimum Gasteiger partial charge on any atom is -0.290 e. The zero-order valence-corrected chi connectivity index (χ0v) is 10.7. The SMILES string of the molecule is C[C@@]12CCCC[C@@H]1N=C(C1CCCCC1)C2. The molecule has 0 amide bonds. The molecule has 0 bridgehead atoms. The van der Waals surface area contributed by atoms with Crippen molar-refractivity contribution in [1.82, 2.24) is 0 Å². The van der Waals surface area contributed by atoms with Gasteiger partial charge in [-0.1, -0.05) is 39.0 Å². The molecule has 1 heteroatoms. The van der Waals surface area contributed by atoms with Gasteiger partial charge in [0, 0.05) is 5.71 Å². The first-order valence-electron chi connectivity index (χ1n) is 7.34. The van der Waals surface area contributed by atoms with Crippen molar-refractivity contribution < 1.29 is 0 Å². The van der Waals surface area contributed by atoms with E-state index in [4.69, 9.17) is 4.99 Å². The van der Waals surface area contributed by atoms with Crippen LogP contribution >= 0.6 is 0 Å². The fraction of sp³-hybridized carbons (Fsp3) is 0.933. The molecular formula is C15H25N. The number of fused-ring (bicyclic) bond motifs is 1. The molecule has 2 aliphatic carbocycles.